The number of ether oxygens (including phenoxy) is 2. The summed E-state index contributed by atoms with van der Waals surface area (Å²) in [5.41, 5.74) is 0.855. The highest BCUT2D eigenvalue weighted by Gasteiger charge is 2.23. The third kappa shape index (κ3) is 7.64. The Balaban J connectivity index is 2.84. The maximum Gasteiger partial charge on any atom is 0.308 e. The Hall–Kier alpha value is -1.36. The standard InChI is InChI=1S/C18H25BrO4/c1-4-5-6-10-16(19)18(23-14(3)21)12-15-9-7-8-11-17(15)22-13(2)20/h7-9,11,16,18H,4-6,10,12H2,1-3H3/t16-,18+/m0/s1. The zero-order valence-electron chi connectivity index (χ0n) is 14.0. The van der Waals surface area contributed by atoms with Crippen LogP contribution in [0.3, 0.4) is 0 Å². The van der Waals surface area contributed by atoms with E-state index in [-0.39, 0.29) is 22.9 Å². The maximum absolute atomic E-state index is 11.4. The van der Waals surface area contributed by atoms with Crippen LogP contribution in [0.25, 0.3) is 0 Å². The number of rotatable bonds is 9. The summed E-state index contributed by atoms with van der Waals surface area (Å²) in [6.07, 6.45) is 4.52. The van der Waals surface area contributed by atoms with E-state index < -0.39 is 0 Å². The third-order valence-electron chi connectivity index (χ3n) is 3.45. The Morgan fingerprint density at radius 2 is 1.83 bits per heavy atom. The second-order valence-electron chi connectivity index (χ2n) is 5.57. The van der Waals surface area contributed by atoms with Crippen molar-refractivity contribution in [2.24, 2.45) is 0 Å². The molecule has 0 aromatic heterocycles. The van der Waals surface area contributed by atoms with E-state index in [1.807, 2.05) is 18.2 Å². The predicted octanol–water partition coefficient (Wildman–Crippen LogP) is 4.43. The van der Waals surface area contributed by atoms with Crippen molar-refractivity contribution in [2.75, 3.05) is 0 Å². The number of halogens is 1. The van der Waals surface area contributed by atoms with Crippen LogP contribution in [0.5, 0.6) is 5.75 Å². The van der Waals surface area contributed by atoms with Crippen LogP contribution >= 0.6 is 15.9 Å². The fourth-order valence-electron chi connectivity index (χ4n) is 2.38. The third-order valence-corrected chi connectivity index (χ3v) is 4.50. The average Bonchev–Trinajstić information content (AvgIpc) is 2.47. The lowest BCUT2D eigenvalue weighted by molar-refractivity contribution is -0.146. The van der Waals surface area contributed by atoms with Gasteiger partial charge in [-0.05, 0) is 18.1 Å². The van der Waals surface area contributed by atoms with Crippen molar-refractivity contribution >= 4 is 27.9 Å². The van der Waals surface area contributed by atoms with E-state index in [0.717, 1.165) is 31.2 Å². The van der Waals surface area contributed by atoms with E-state index in [9.17, 15) is 9.59 Å². The molecule has 0 aliphatic carbocycles. The molecule has 0 heterocycles. The van der Waals surface area contributed by atoms with E-state index in [4.69, 9.17) is 9.47 Å². The van der Waals surface area contributed by atoms with E-state index in [0.29, 0.717) is 12.2 Å². The minimum absolute atomic E-state index is 0.0725. The first kappa shape index (κ1) is 19.7. The van der Waals surface area contributed by atoms with E-state index in [2.05, 4.69) is 22.9 Å². The second-order valence-corrected chi connectivity index (χ2v) is 6.74. The number of hydrogen-bond donors (Lipinski definition) is 0. The first-order chi connectivity index (χ1) is 10.9. The van der Waals surface area contributed by atoms with Crippen LogP contribution in [0.2, 0.25) is 0 Å². The lowest BCUT2D eigenvalue weighted by Gasteiger charge is -2.23. The molecule has 0 aliphatic heterocycles. The average molecular weight is 385 g/mol. The van der Waals surface area contributed by atoms with Gasteiger partial charge in [0, 0.05) is 20.3 Å². The highest BCUT2D eigenvalue weighted by Crippen LogP contribution is 2.26. The van der Waals surface area contributed by atoms with Gasteiger partial charge in [0.25, 0.3) is 0 Å². The van der Waals surface area contributed by atoms with Gasteiger partial charge in [-0.15, -0.1) is 0 Å². The number of unbranched alkanes of at least 4 members (excludes halogenated alkanes) is 2. The van der Waals surface area contributed by atoms with Crippen LogP contribution in [0, 0.1) is 0 Å². The molecule has 0 unspecified atom stereocenters. The first-order valence-electron chi connectivity index (χ1n) is 8.01. The molecular formula is C18H25BrO4. The highest BCUT2D eigenvalue weighted by molar-refractivity contribution is 9.09. The van der Waals surface area contributed by atoms with Crippen LogP contribution in [0.15, 0.2) is 24.3 Å². The second kappa shape index (κ2) is 10.4. The van der Waals surface area contributed by atoms with Crippen molar-refractivity contribution in [3.63, 3.8) is 0 Å². The van der Waals surface area contributed by atoms with E-state index in [1.165, 1.54) is 13.8 Å². The van der Waals surface area contributed by atoms with E-state index >= 15 is 0 Å². The molecule has 4 nitrogen and oxygen atoms in total. The molecule has 0 bridgehead atoms. The molecular weight excluding hydrogens is 360 g/mol. The molecule has 0 saturated carbocycles. The monoisotopic (exact) mass is 384 g/mol. The molecule has 1 aromatic carbocycles. The summed E-state index contributed by atoms with van der Waals surface area (Å²) >= 11 is 3.65. The summed E-state index contributed by atoms with van der Waals surface area (Å²) < 4.78 is 10.7. The Labute approximate surface area is 146 Å². The molecule has 0 saturated heterocycles. The van der Waals surface area contributed by atoms with Crippen molar-refractivity contribution in [2.45, 2.75) is 63.8 Å². The molecule has 1 aromatic rings. The Morgan fingerprint density at radius 1 is 1.13 bits per heavy atom. The van der Waals surface area contributed by atoms with Crippen LogP contribution in [0.1, 0.15) is 52.0 Å². The van der Waals surface area contributed by atoms with Crippen molar-refractivity contribution in [3.05, 3.63) is 29.8 Å². The number of carbonyl (C=O) groups is 2. The molecule has 0 fully saturated rings. The Morgan fingerprint density at radius 3 is 2.43 bits per heavy atom. The van der Waals surface area contributed by atoms with Gasteiger partial charge in [0.2, 0.25) is 0 Å². The van der Waals surface area contributed by atoms with Gasteiger partial charge in [-0.3, -0.25) is 9.59 Å². The Bertz CT molecular complexity index is 515. The smallest absolute Gasteiger partial charge is 0.308 e. The quantitative estimate of drug-likeness (QED) is 0.273. The molecule has 0 spiro atoms. The summed E-state index contributed by atoms with van der Waals surface area (Å²) in [5, 5.41) is 0. The van der Waals surface area contributed by atoms with Crippen LogP contribution in [-0.2, 0) is 20.7 Å². The van der Waals surface area contributed by atoms with Crippen molar-refractivity contribution in [3.8, 4) is 5.75 Å². The molecule has 5 heteroatoms. The van der Waals surface area contributed by atoms with Crippen molar-refractivity contribution < 1.29 is 19.1 Å². The number of para-hydroxylation sites is 1. The molecule has 2 atom stereocenters. The predicted molar refractivity (Wildman–Crippen MR) is 93.9 cm³/mol. The molecule has 23 heavy (non-hydrogen) atoms. The van der Waals surface area contributed by atoms with Gasteiger partial charge in [0.1, 0.15) is 11.9 Å². The summed E-state index contributed by atoms with van der Waals surface area (Å²) in [7, 11) is 0. The van der Waals surface area contributed by atoms with E-state index in [1.54, 1.807) is 6.07 Å². The lowest BCUT2D eigenvalue weighted by atomic mass is 10.0. The summed E-state index contributed by atoms with van der Waals surface area (Å²) in [4.78, 5) is 22.7. The fourth-order valence-corrected chi connectivity index (χ4v) is 2.99. The number of benzene rings is 1. The molecule has 0 radical (unpaired) electrons. The largest absolute Gasteiger partial charge is 0.461 e. The minimum Gasteiger partial charge on any atom is -0.461 e. The van der Waals surface area contributed by atoms with Gasteiger partial charge in [-0.25, -0.2) is 0 Å². The van der Waals surface area contributed by atoms with Gasteiger partial charge in [0.15, 0.2) is 0 Å². The number of hydrogen-bond acceptors (Lipinski definition) is 4. The van der Waals surface area contributed by atoms with Gasteiger partial charge in [0.05, 0.1) is 4.83 Å². The zero-order chi connectivity index (χ0) is 17.2. The summed E-state index contributed by atoms with van der Waals surface area (Å²) in [5.74, 6) is -0.148. The normalized spacial score (nSPS) is 13.2. The van der Waals surface area contributed by atoms with Gasteiger partial charge >= 0.3 is 11.9 Å². The summed E-state index contributed by atoms with van der Waals surface area (Å²) in [6, 6.07) is 7.34. The minimum atomic E-state index is -0.361. The van der Waals surface area contributed by atoms with Gasteiger partial charge in [-0.1, -0.05) is 60.3 Å². The number of esters is 2. The molecule has 0 aliphatic rings. The number of carbonyl (C=O) groups excluding carboxylic acids is 2. The fraction of sp³-hybridized carbons (Fsp3) is 0.556. The van der Waals surface area contributed by atoms with Gasteiger partial charge in [-0.2, -0.15) is 0 Å². The van der Waals surface area contributed by atoms with Crippen LogP contribution in [0.4, 0.5) is 0 Å². The lowest BCUT2D eigenvalue weighted by Crippen LogP contribution is -2.29. The van der Waals surface area contributed by atoms with Gasteiger partial charge < -0.3 is 9.47 Å². The highest BCUT2D eigenvalue weighted by atomic mass is 79.9. The summed E-state index contributed by atoms with van der Waals surface area (Å²) in [6.45, 7) is 4.94. The van der Waals surface area contributed by atoms with Crippen LogP contribution < -0.4 is 4.74 Å². The topological polar surface area (TPSA) is 52.6 Å². The SMILES string of the molecule is CCCCC[C@H](Br)[C@@H](Cc1ccccc1OC(C)=O)OC(C)=O. The van der Waals surface area contributed by atoms with Crippen molar-refractivity contribution in [1.82, 2.24) is 0 Å². The molecule has 1 rings (SSSR count). The molecule has 128 valence electrons. The van der Waals surface area contributed by atoms with Crippen molar-refractivity contribution in [1.29, 1.82) is 0 Å². The molecule has 0 N–H and O–H groups in total. The maximum atomic E-state index is 11.4. The Kier molecular flexibility index (Phi) is 8.92. The first-order valence-corrected chi connectivity index (χ1v) is 8.93. The molecule has 0 amide bonds. The van der Waals surface area contributed by atoms with Crippen LogP contribution in [-0.4, -0.2) is 22.9 Å². The number of alkyl halides is 1. The zero-order valence-corrected chi connectivity index (χ0v) is 15.6.